The molecule has 0 atom stereocenters. The van der Waals surface area contributed by atoms with Crippen LogP contribution in [0.2, 0.25) is 0 Å². The molecular formula is C17H17FN2O3S. The summed E-state index contributed by atoms with van der Waals surface area (Å²) in [6.07, 6.45) is 1.73. The molecule has 0 fully saturated rings. The van der Waals surface area contributed by atoms with E-state index in [9.17, 15) is 17.6 Å². The van der Waals surface area contributed by atoms with Crippen molar-refractivity contribution < 1.29 is 17.6 Å². The molecule has 3 rings (SSSR count). The standard InChI is InChI=1S/C17H17FN2O3S/c1-11-9-14(4-5-15(11)18)19-17(21)13-3-6-16-12(10-13)7-8-20(16)24(2,22)23/h3-6,9-10H,7-8H2,1-2H3,(H,19,21). The molecule has 1 N–H and O–H groups in total. The molecule has 0 saturated carbocycles. The second kappa shape index (κ2) is 5.90. The largest absolute Gasteiger partial charge is 0.322 e. The van der Waals surface area contributed by atoms with E-state index >= 15 is 0 Å². The maximum absolute atomic E-state index is 13.3. The zero-order chi connectivity index (χ0) is 17.5. The van der Waals surface area contributed by atoms with Crippen molar-refractivity contribution in [3.05, 3.63) is 58.9 Å². The Kier molecular flexibility index (Phi) is 4.04. The summed E-state index contributed by atoms with van der Waals surface area (Å²) in [5, 5.41) is 2.72. The molecule has 1 heterocycles. The summed E-state index contributed by atoms with van der Waals surface area (Å²) in [7, 11) is -3.31. The Morgan fingerprint density at radius 2 is 1.96 bits per heavy atom. The van der Waals surface area contributed by atoms with Crippen LogP contribution in [-0.4, -0.2) is 27.1 Å². The first kappa shape index (κ1) is 16.4. The second-order valence-corrected chi connectivity index (χ2v) is 7.75. The molecule has 7 heteroatoms. The van der Waals surface area contributed by atoms with Gasteiger partial charge < -0.3 is 5.32 Å². The smallest absolute Gasteiger partial charge is 0.255 e. The molecular weight excluding hydrogens is 331 g/mol. The van der Waals surface area contributed by atoms with Crippen molar-refractivity contribution in [3.8, 4) is 0 Å². The molecule has 0 unspecified atom stereocenters. The van der Waals surface area contributed by atoms with Crippen LogP contribution < -0.4 is 9.62 Å². The van der Waals surface area contributed by atoms with Gasteiger partial charge in [-0.2, -0.15) is 0 Å². The number of carbonyl (C=O) groups excluding carboxylic acids is 1. The van der Waals surface area contributed by atoms with E-state index in [0.717, 1.165) is 5.56 Å². The normalized spacial score (nSPS) is 13.7. The summed E-state index contributed by atoms with van der Waals surface area (Å²) in [5.74, 6) is -0.645. The van der Waals surface area contributed by atoms with Crippen LogP contribution in [0, 0.1) is 12.7 Å². The number of amides is 1. The number of hydrogen-bond acceptors (Lipinski definition) is 3. The Bertz CT molecular complexity index is 925. The Labute approximate surface area is 140 Å². The Morgan fingerprint density at radius 1 is 1.21 bits per heavy atom. The molecule has 0 bridgehead atoms. The number of anilines is 2. The lowest BCUT2D eigenvalue weighted by molar-refractivity contribution is 0.102. The number of carbonyl (C=O) groups is 1. The summed E-state index contributed by atoms with van der Waals surface area (Å²) in [6, 6.07) is 9.30. The molecule has 126 valence electrons. The average molecular weight is 348 g/mol. The van der Waals surface area contributed by atoms with E-state index in [1.807, 2.05) is 0 Å². The van der Waals surface area contributed by atoms with Crippen molar-refractivity contribution in [2.45, 2.75) is 13.3 Å². The fraction of sp³-hybridized carbons (Fsp3) is 0.235. The van der Waals surface area contributed by atoms with E-state index in [0.29, 0.717) is 35.5 Å². The first-order chi connectivity index (χ1) is 11.3. The predicted octanol–water partition coefficient (Wildman–Crippen LogP) is 2.71. The lowest BCUT2D eigenvalue weighted by Crippen LogP contribution is -2.27. The molecule has 0 aliphatic carbocycles. The Hall–Kier alpha value is -2.41. The van der Waals surface area contributed by atoms with Gasteiger partial charge in [0.05, 0.1) is 11.9 Å². The number of nitrogens with one attached hydrogen (secondary N) is 1. The highest BCUT2D eigenvalue weighted by Gasteiger charge is 2.26. The van der Waals surface area contributed by atoms with E-state index in [1.54, 1.807) is 31.2 Å². The van der Waals surface area contributed by atoms with Gasteiger partial charge in [0, 0.05) is 17.8 Å². The summed E-state index contributed by atoms with van der Waals surface area (Å²) >= 11 is 0. The topological polar surface area (TPSA) is 66.5 Å². The quantitative estimate of drug-likeness (QED) is 0.927. The van der Waals surface area contributed by atoms with Gasteiger partial charge in [-0.15, -0.1) is 0 Å². The summed E-state index contributed by atoms with van der Waals surface area (Å²) in [5.41, 5.74) is 2.84. The third-order valence-corrected chi connectivity index (χ3v) is 5.19. The van der Waals surface area contributed by atoms with E-state index in [4.69, 9.17) is 0 Å². The highest BCUT2D eigenvalue weighted by atomic mass is 32.2. The van der Waals surface area contributed by atoms with Crippen LogP contribution in [-0.2, 0) is 16.4 Å². The van der Waals surface area contributed by atoms with Crippen molar-refractivity contribution >= 4 is 27.3 Å². The summed E-state index contributed by atoms with van der Waals surface area (Å²) < 4.78 is 38.1. The van der Waals surface area contributed by atoms with E-state index in [-0.39, 0.29) is 11.7 Å². The van der Waals surface area contributed by atoms with E-state index < -0.39 is 10.0 Å². The third kappa shape index (κ3) is 3.12. The molecule has 0 spiro atoms. The monoisotopic (exact) mass is 348 g/mol. The summed E-state index contributed by atoms with van der Waals surface area (Å²) in [4.78, 5) is 12.4. The van der Waals surface area contributed by atoms with Gasteiger partial charge in [0.1, 0.15) is 5.82 Å². The number of halogens is 1. The minimum atomic E-state index is -3.31. The summed E-state index contributed by atoms with van der Waals surface area (Å²) in [6.45, 7) is 2.01. The number of hydrogen-bond donors (Lipinski definition) is 1. The zero-order valence-corrected chi connectivity index (χ0v) is 14.2. The Morgan fingerprint density at radius 3 is 2.62 bits per heavy atom. The van der Waals surface area contributed by atoms with Gasteiger partial charge in [-0.1, -0.05) is 0 Å². The van der Waals surface area contributed by atoms with Gasteiger partial charge in [-0.3, -0.25) is 9.10 Å². The molecule has 0 aromatic heterocycles. The fourth-order valence-electron chi connectivity index (χ4n) is 2.78. The molecule has 5 nitrogen and oxygen atoms in total. The first-order valence-electron chi connectivity index (χ1n) is 7.44. The lowest BCUT2D eigenvalue weighted by Gasteiger charge is -2.16. The molecule has 1 aliphatic heterocycles. The van der Waals surface area contributed by atoms with Crippen molar-refractivity contribution in [2.24, 2.45) is 0 Å². The minimum Gasteiger partial charge on any atom is -0.322 e. The van der Waals surface area contributed by atoms with Crippen LogP contribution in [0.15, 0.2) is 36.4 Å². The van der Waals surface area contributed by atoms with Crippen LogP contribution >= 0.6 is 0 Å². The molecule has 0 radical (unpaired) electrons. The average Bonchev–Trinajstić information content (AvgIpc) is 2.94. The van der Waals surface area contributed by atoms with Gasteiger partial charge in [-0.05, 0) is 60.9 Å². The highest BCUT2D eigenvalue weighted by Crippen LogP contribution is 2.31. The van der Waals surface area contributed by atoms with Crippen molar-refractivity contribution in [1.29, 1.82) is 0 Å². The van der Waals surface area contributed by atoms with Gasteiger partial charge in [-0.25, -0.2) is 12.8 Å². The number of benzene rings is 2. The van der Waals surface area contributed by atoms with Crippen LogP contribution in [0.4, 0.5) is 15.8 Å². The van der Waals surface area contributed by atoms with Gasteiger partial charge in [0.25, 0.3) is 5.91 Å². The zero-order valence-electron chi connectivity index (χ0n) is 13.3. The number of nitrogens with zero attached hydrogens (tertiary/aromatic N) is 1. The van der Waals surface area contributed by atoms with E-state index in [1.165, 1.54) is 22.7 Å². The molecule has 1 amide bonds. The number of rotatable bonds is 3. The second-order valence-electron chi connectivity index (χ2n) is 5.85. The number of fused-ring (bicyclic) bond motifs is 1. The van der Waals surface area contributed by atoms with E-state index in [2.05, 4.69) is 5.32 Å². The molecule has 2 aromatic rings. The van der Waals surface area contributed by atoms with Crippen LogP contribution in [0.5, 0.6) is 0 Å². The van der Waals surface area contributed by atoms with Crippen molar-refractivity contribution in [3.63, 3.8) is 0 Å². The van der Waals surface area contributed by atoms with Gasteiger partial charge >= 0.3 is 0 Å². The lowest BCUT2D eigenvalue weighted by atomic mass is 10.1. The highest BCUT2D eigenvalue weighted by molar-refractivity contribution is 7.92. The number of aryl methyl sites for hydroxylation is 1. The maximum Gasteiger partial charge on any atom is 0.255 e. The SMILES string of the molecule is Cc1cc(NC(=O)c2ccc3c(c2)CCN3S(C)(=O)=O)ccc1F. The predicted molar refractivity (Wildman–Crippen MR) is 91.4 cm³/mol. The van der Waals surface area contributed by atoms with Gasteiger partial charge in [0.2, 0.25) is 10.0 Å². The number of sulfonamides is 1. The fourth-order valence-corrected chi connectivity index (χ4v) is 3.74. The van der Waals surface area contributed by atoms with Gasteiger partial charge in [0.15, 0.2) is 0 Å². The molecule has 2 aromatic carbocycles. The molecule has 0 saturated heterocycles. The van der Waals surface area contributed by atoms with Crippen molar-refractivity contribution in [2.75, 3.05) is 22.4 Å². The Balaban J connectivity index is 1.83. The molecule has 24 heavy (non-hydrogen) atoms. The molecule has 1 aliphatic rings. The van der Waals surface area contributed by atoms with Crippen molar-refractivity contribution in [1.82, 2.24) is 0 Å². The minimum absolute atomic E-state index is 0.318. The third-order valence-electron chi connectivity index (χ3n) is 4.01. The first-order valence-corrected chi connectivity index (χ1v) is 9.29. The van der Waals surface area contributed by atoms with Crippen LogP contribution in [0.1, 0.15) is 21.5 Å². The van der Waals surface area contributed by atoms with Crippen LogP contribution in [0.25, 0.3) is 0 Å². The maximum atomic E-state index is 13.3. The van der Waals surface area contributed by atoms with Crippen LogP contribution in [0.3, 0.4) is 0 Å².